The number of carbonyl (C=O) groups excluding carboxylic acids is 3. The molecule has 0 bridgehead atoms. The van der Waals surface area contributed by atoms with E-state index in [0.29, 0.717) is 12.8 Å². The molecule has 63 heavy (non-hydrogen) atoms. The van der Waals surface area contributed by atoms with E-state index in [9.17, 15) is 19.5 Å². The van der Waals surface area contributed by atoms with Gasteiger partial charge in [-0.05, 0) is 38.5 Å². The van der Waals surface area contributed by atoms with Gasteiger partial charge in [0.2, 0.25) is 0 Å². The van der Waals surface area contributed by atoms with Crippen molar-refractivity contribution in [3.05, 3.63) is 12.2 Å². The number of carbonyl (C=O) groups is 3. The van der Waals surface area contributed by atoms with Crippen molar-refractivity contribution < 1.29 is 38.2 Å². The SMILES string of the molecule is CCCCCCCCCC/C=C/CCCCCCCCCC(=O)OCC(COCCC(C(=O)[O-])[N+](C)(C)C)OC(=O)CCCCCCCCCCCCCCCCCCCCCC. The molecular formula is C55H105NO7. The maximum Gasteiger partial charge on any atom is 0.306 e. The van der Waals surface area contributed by atoms with Crippen LogP contribution in [0.4, 0.5) is 0 Å². The Labute approximate surface area is 390 Å². The van der Waals surface area contributed by atoms with Gasteiger partial charge in [0, 0.05) is 19.3 Å². The van der Waals surface area contributed by atoms with Crippen molar-refractivity contribution in [2.45, 2.75) is 283 Å². The molecule has 0 amide bonds. The van der Waals surface area contributed by atoms with Gasteiger partial charge >= 0.3 is 11.9 Å². The molecule has 0 aliphatic carbocycles. The summed E-state index contributed by atoms with van der Waals surface area (Å²) in [5.41, 5.74) is 0. The van der Waals surface area contributed by atoms with Gasteiger partial charge in [0.15, 0.2) is 6.10 Å². The van der Waals surface area contributed by atoms with Crippen LogP contribution in [0.15, 0.2) is 12.2 Å². The Bertz CT molecular complexity index is 1040. The smallest absolute Gasteiger partial charge is 0.306 e. The summed E-state index contributed by atoms with van der Waals surface area (Å²) < 4.78 is 17.3. The first-order chi connectivity index (χ1) is 30.6. The molecule has 0 fully saturated rings. The Morgan fingerprint density at radius 2 is 0.794 bits per heavy atom. The molecule has 0 aliphatic rings. The van der Waals surface area contributed by atoms with Crippen LogP contribution in [0.1, 0.15) is 271 Å². The van der Waals surface area contributed by atoms with Crippen molar-refractivity contribution in [3.63, 3.8) is 0 Å². The minimum atomic E-state index is -1.12. The average molecular weight is 892 g/mol. The van der Waals surface area contributed by atoms with E-state index in [1.54, 1.807) is 0 Å². The van der Waals surface area contributed by atoms with E-state index >= 15 is 0 Å². The molecule has 2 unspecified atom stereocenters. The van der Waals surface area contributed by atoms with E-state index in [1.807, 2.05) is 21.1 Å². The number of unbranched alkanes of at least 4 members (excludes halogenated alkanes) is 34. The number of aliphatic carboxylic acids is 1. The summed E-state index contributed by atoms with van der Waals surface area (Å²) in [6, 6.07) is -0.723. The molecule has 8 nitrogen and oxygen atoms in total. The lowest BCUT2D eigenvalue weighted by molar-refractivity contribution is -0.889. The second-order valence-corrected chi connectivity index (χ2v) is 19.8. The molecular weight excluding hydrogens is 787 g/mol. The van der Waals surface area contributed by atoms with E-state index < -0.39 is 18.1 Å². The van der Waals surface area contributed by atoms with E-state index in [-0.39, 0.29) is 42.7 Å². The van der Waals surface area contributed by atoms with Crippen LogP contribution >= 0.6 is 0 Å². The Hall–Kier alpha value is -1.93. The van der Waals surface area contributed by atoms with Crippen LogP contribution in [-0.2, 0) is 28.6 Å². The zero-order valence-electron chi connectivity index (χ0n) is 42.5. The minimum absolute atomic E-state index is 0.0459. The maximum atomic E-state index is 12.8. The molecule has 0 aromatic heterocycles. The van der Waals surface area contributed by atoms with Crippen molar-refractivity contribution in [3.8, 4) is 0 Å². The van der Waals surface area contributed by atoms with Crippen LogP contribution in [-0.4, -0.2) is 75.5 Å². The predicted molar refractivity (Wildman–Crippen MR) is 264 cm³/mol. The molecule has 0 aromatic rings. The standard InChI is InChI=1S/C55H105NO7/c1-6-8-10-12-14-16-18-20-22-24-26-28-30-32-34-36-38-40-42-44-46-54(58)63-51(49-61-48-47-52(55(59)60)56(3,4)5)50-62-53(57)45-43-41-39-37-35-33-31-29-27-25-23-21-19-17-15-13-11-9-7-2/h25,27,51-52H,6-24,26,28-50H2,1-5H3/b27-25+. The number of ether oxygens (including phenoxy) is 3. The normalized spacial score (nSPS) is 12.8. The molecule has 372 valence electrons. The third-order valence-corrected chi connectivity index (χ3v) is 12.7. The van der Waals surface area contributed by atoms with Gasteiger partial charge in [-0.3, -0.25) is 9.59 Å². The number of likely N-dealkylation sites (N-methyl/N-ethyl adjacent to an activating group) is 1. The van der Waals surface area contributed by atoms with E-state index in [0.717, 1.165) is 38.5 Å². The third kappa shape index (κ3) is 45.0. The number of allylic oxidation sites excluding steroid dienone is 2. The quantitative estimate of drug-likeness (QED) is 0.0259. The summed E-state index contributed by atoms with van der Waals surface area (Å²) in [7, 11) is 5.43. The highest BCUT2D eigenvalue weighted by Crippen LogP contribution is 2.17. The Morgan fingerprint density at radius 1 is 0.460 bits per heavy atom. The summed E-state index contributed by atoms with van der Waals surface area (Å²) in [4.78, 5) is 37.1. The molecule has 0 rings (SSSR count). The highest BCUT2D eigenvalue weighted by Gasteiger charge is 2.25. The first-order valence-electron chi connectivity index (χ1n) is 27.2. The van der Waals surface area contributed by atoms with Gasteiger partial charge in [-0.15, -0.1) is 0 Å². The van der Waals surface area contributed by atoms with Crippen LogP contribution in [0.3, 0.4) is 0 Å². The van der Waals surface area contributed by atoms with Gasteiger partial charge in [-0.25, -0.2) is 0 Å². The summed E-state index contributed by atoms with van der Waals surface area (Å²) in [6.07, 6.45) is 52.4. The fourth-order valence-corrected chi connectivity index (χ4v) is 8.42. The van der Waals surface area contributed by atoms with Crippen LogP contribution < -0.4 is 5.11 Å². The zero-order valence-corrected chi connectivity index (χ0v) is 42.5. The number of nitrogens with zero attached hydrogens (tertiary/aromatic N) is 1. The second kappa shape index (κ2) is 46.6. The number of rotatable bonds is 50. The van der Waals surface area contributed by atoms with Gasteiger partial charge in [0.05, 0.1) is 40.3 Å². The molecule has 0 aromatic carbocycles. The maximum absolute atomic E-state index is 12.8. The monoisotopic (exact) mass is 892 g/mol. The fourth-order valence-electron chi connectivity index (χ4n) is 8.42. The number of carboxylic acids is 1. The largest absolute Gasteiger partial charge is 0.544 e. The summed E-state index contributed by atoms with van der Waals surface area (Å²) >= 11 is 0. The minimum Gasteiger partial charge on any atom is -0.544 e. The van der Waals surface area contributed by atoms with Gasteiger partial charge in [-0.1, -0.05) is 225 Å². The summed E-state index contributed by atoms with van der Waals surface area (Å²) in [5, 5.41) is 11.7. The third-order valence-electron chi connectivity index (χ3n) is 12.7. The van der Waals surface area contributed by atoms with Gasteiger partial charge in [0.1, 0.15) is 12.6 Å². The Morgan fingerprint density at radius 3 is 1.14 bits per heavy atom. The van der Waals surface area contributed by atoms with Crippen LogP contribution in [0.5, 0.6) is 0 Å². The van der Waals surface area contributed by atoms with E-state index in [4.69, 9.17) is 14.2 Å². The van der Waals surface area contributed by atoms with Crippen LogP contribution in [0.2, 0.25) is 0 Å². The predicted octanol–water partition coefficient (Wildman–Crippen LogP) is 14.5. The number of carboxylic acid groups (broad SMARTS) is 1. The first-order valence-corrected chi connectivity index (χ1v) is 27.2. The number of hydrogen-bond acceptors (Lipinski definition) is 7. The molecule has 0 saturated heterocycles. The molecule has 0 aliphatic heterocycles. The molecule has 0 saturated carbocycles. The molecule has 0 radical (unpaired) electrons. The lowest BCUT2D eigenvalue weighted by atomic mass is 10.0. The summed E-state index contributed by atoms with van der Waals surface area (Å²) in [5.74, 6) is -1.72. The lowest BCUT2D eigenvalue weighted by Gasteiger charge is -2.34. The van der Waals surface area contributed by atoms with Crippen molar-refractivity contribution >= 4 is 17.9 Å². The van der Waals surface area contributed by atoms with Crippen molar-refractivity contribution in [1.29, 1.82) is 0 Å². The van der Waals surface area contributed by atoms with Gasteiger partial charge in [-0.2, -0.15) is 0 Å². The first kappa shape index (κ1) is 61.1. The van der Waals surface area contributed by atoms with E-state index in [1.165, 1.54) is 199 Å². The Balaban J connectivity index is 4.18. The Kier molecular flexibility index (Phi) is 45.2. The van der Waals surface area contributed by atoms with Gasteiger partial charge in [0.25, 0.3) is 0 Å². The zero-order chi connectivity index (χ0) is 46.3. The number of quaternary nitrogens is 1. The van der Waals surface area contributed by atoms with Gasteiger partial charge < -0.3 is 28.6 Å². The molecule has 0 N–H and O–H groups in total. The summed E-state index contributed by atoms with van der Waals surface area (Å²) in [6.45, 7) is 4.71. The fraction of sp³-hybridized carbons (Fsp3) is 0.909. The number of esters is 2. The average Bonchev–Trinajstić information content (AvgIpc) is 3.24. The molecule has 2 atom stereocenters. The molecule has 8 heteroatoms. The highest BCUT2D eigenvalue weighted by molar-refractivity contribution is 5.70. The van der Waals surface area contributed by atoms with Crippen molar-refractivity contribution in [2.24, 2.45) is 0 Å². The molecule has 0 heterocycles. The van der Waals surface area contributed by atoms with Crippen molar-refractivity contribution in [2.75, 3.05) is 41.0 Å². The topological polar surface area (TPSA) is 102 Å². The van der Waals surface area contributed by atoms with Crippen LogP contribution in [0.25, 0.3) is 0 Å². The van der Waals surface area contributed by atoms with Crippen molar-refractivity contribution in [1.82, 2.24) is 0 Å². The molecule has 0 spiro atoms. The van der Waals surface area contributed by atoms with E-state index in [2.05, 4.69) is 26.0 Å². The highest BCUT2D eigenvalue weighted by atomic mass is 16.6. The lowest BCUT2D eigenvalue weighted by Crippen LogP contribution is -2.55. The number of hydrogen-bond donors (Lipinski definition) is 0. The van der Waals surface area contributed by atoms with Crippen LogP contribution in [0, 0.1) is 0 Å². The second-order valence-electron chi connectivity index (χ2n) is 19.8.